The lowest BCUT2D eigenvalue weighted by molar-refractivity contribution is -0.115. The molecule has 7 nitrogen and oxygen atoms in total. The molecule has 1 aromatic heterocycles. The van der Waals surface area contributed by atoms with Gasteiger partial charge in [0, 0.05) is 36.5 Å². The van der Waals surface area contributed by atoms with E-state index in [1.54, 1.807) is 44.2 Å². The van der Waals surface area contributed by atoms with Crippen molar-refractivity contribution in [3.05, 3.63) is 41.6 Å². The van der Waals surface area contributed by atoms with Gasteiger partial charge in [0.2, 0.25) is 15.9 Å². The van der Waals surface area contributed by atoms with Gasteiger partial charge < -0.3 is 10.1 Å². The van der Waals surface area contributed by atoms with E-state index in [2.05, 4.69) is 10.3 Å². The Hall–Kier alpha value is -1.81. The molecule has 0 saturated carbocycles. The highest BCUT2D eigenvalue weighted by atomic mass is 35.5. The highest BCUT2D eigenvalue weighted by molar-refractivity contribution is 7.99. The van der Waals surface area contributed by atoms with Crippen molar-refractivity contribution in [2.24, 2.45) is 0 Å². The summed E-state index contributed by atoms with van der Waals surface area (Å²) in [5, 5.41) is 3.93. The van der Waals surface area contributed by atoms with Gasteiger partial charge in [0.1, 0.15) is 10.6 Å². The maximum absolute atomic E-state index is 12.5. The summed E-state index contributed by atoms with van der Waals surface area (Å²) in [6, 6.07) is 8.19. The molecular formula is C19H24ClN3O4S2. The van der Waals surface area contributed by atoms with E-state index in [4.69, 9.17) is 16.3 Å². The highest BCUT2D eigenvalue weighted by Gasteiger charge is 2.21. The van der Waals surface area contributed by atoms with E-state index in [0.29, 0.717) is 40.3 Å². The first-order chi connectivity index (χ1) is 13.8. The Bertz CT molecular complexity index is 933. The molecule has 10 heteroatoms. The predicted molar refractivity (Wildman–Crippen MR) is 116 cm³/mol. The largest absolute Gasteiger partial charge is 0.495 e. The molecule has 0 unspecified atom stereocenters. The number of hydrogen-bond donors (Lipinski definition) is 1. The molecule has 0 bridgehead atoms. The van der Waals surface area contributed by atoms with Gasteiger partial charge in [-0.15, -0.1) is 11.8 Å². The van der Waals surface area contributed by atoms with Crippen LogP contribution in [0.15, 0.2) is 46.5 Å². The monoisotopic (exact) mass is 457 g/mol. The van der Waals surface area contributed by atoms with Crippen LogP contribution in [-0.2, 0) is 14.8 Å². The zero-order valence-electron chi connectivity index (χ0n) is 16.5. The lowest BCUT2D eigenvalue weighted by atomic mass is 10.3. The van der Waals surface area contributed by atoms with Crippen LogP contribution in [-0.4, -0.2) is 49.6 Å². The normalized spacial score (nSPS) is 11.5. The average Bonchev–Trinajstić information content (AvgIpc) is 2.69. The summed E-state index contributed by atoms with van der Waals surface area (Å²) in [4.78, 5) is 16.5. The number of thioether (sulfide) groups is 1. The molecule has 29 heavy (non-hydrogen) atoms. The van der Waals surface area contributed by atoms with Gasteiger partial charge in [-0.25, -0.2) is 13.4 Å². The Kier molecular flexibility index (Phi) is 8.76. The van der Waals surface area contributed by atoms with E-state index in [1.165, 1.54) is 29.4 Å². The number of halogens is 1. The summed E-state index contributed by atoms with van der Waals surface area (Å²) >= 11 is 7.33. The second-order valence-electron chi connectivity index (χ2n) is 5.91. The molecule has 1 aromatic carbocycles. The maximum Gasteiger partial charge on any atom is 0.244 e. The van der Waals surface area contributed by atoms with Crippen LogP contribution < -0.4 is 10.1 Å². The maximum atomic E-state index is 12.5. The number of benzene rings is 1. The Labute approximate surface area is 180 Å². The molecule has 2 aromatic rings. The number of methoxy groups -OCH3 is 1. The highest BCUT2D eigenvalue weighted by Crippen LogP contribution is 2.28. The lowest BCUT2D eigenvalue weighted by Crippen LogP contribution is -2.30. The SMILES string of the molecule is CCN(CC)S(=O)(=O)c1ccc(SCCC(=O)Nc2cc(Cl)ccc2OC)nc1. The third-order valence-electron chi connectivity index (χ3n) is 4.07. The van der Waals surface area contributed by atoms with Crippen molar-refractivity contribution in [1.82, 2.24) is 9.29 Å². The number of nitrogens with zero attached hydrogens (tertiary/aromatic N) is 2. The van der Waals surface area contributed by atoms with Crippen molar-refractivity contribution in [3.63, 3.8) is 0 Å². The van der Waals surface area contributed by atoms with Crippen molar-refractivity contribution in [1.29, 1.82) is 0 Å². The number of carbonyl (C=O) groups excluding carboxylic acids is 1. The quantitative estimate of drug-likeness (QED) is 0.544. The predicted octanol–water partition coefficient (Wildman–Crippen LogP) is 3.90. The third-order valence-corrected chi connectivity index (χ3v) is 7.28. The van der Waals surface area contributed by atoms with Crippen LogP contribution in [0.3, 0.4) is 0 Å². The van der Waals surface area contributed by atoms with Crippen molar-refractivity contribution < 1.29 is 17.9 Å². The fourth-order valence-electron chi connectivity index (χ4n) is 2.56. The molecule has 1 amide bonds. The molecular weight excluding hydrogens is 434 g/mol. The van der Waals surface area contributed by atoms with E-state index in [9.17, 15) is 13.2 Å². The van der Waals surface area contributed by atoms with Gasteiger partial charge in [-0.3, -0.25) is 4.79 Å². The van der Waals surface area contributed by atoms with Crippen LogP contribution in [0.4, 0.5) is 5.69 Å². The van der Waals surface area contributed by atoms with E-state index in [-0.39, 0.29) is 17.2 Å². The first-order valence-electron chi connectivity index (χ1n) is 9.04. The fourth-order valence-corrected chi connectivity index (χ4v) is 4.92. The number of nitrogens with one attached hydrogen (secondary N) is 1. The number of aromatic nitrogens is 1. The molecule has 158 valence electrons. The molecule has 1 heterocycles. The Balaban J connectivity index is 1.91. The van der Waals surface area contributed by atoms with Gasteiger partial charge in [0.05, 0.1) is 17.8 Å². The standard InChI is InChI=1S/C19H24ClN3O4S2/c1-4-23(5-2)29(25,26)15-7-9-19(21-13-15)28-11-10-18(24)22-16-12-14(20)6-8-17(16)27-3/h6-9,12-13H,4-5,10-11H2,1-3H3,(H,22,24). The molecule has 0 aliphatic carbocycles. The zero-order valence-corrected chi connectivity index (χ0v) is 18.9. The van der Waals surface area contributed by atoms with Crippen LogP contribution in [0.1, 0.15) is 20.3 Å². The average molecular weight is 458 g/mol. The van der Waals surface area contributed by atoms with Crippen LogP contribution in [0.2, 0.25) is 5.02 Å². The van der Waals surface area contributed by atoms with Crippen LogP contribution in [0.25, 0.3) is 0 Å². The molecule has 2 rings (SSSR count). The van der Waals surface area contributed by atoms with Crippen molar-refractivity contribution in [2.45, 2.75) is 30.2 Å². The molecule has 0 aliphatic heterocycles. The summed E-state index contributed by atoms with van der Waals surface area (Å²) in [5.41, 5.74) is 0.513. The minimum atomic E-state index is -3.52. The van der Waals surface area contributed by atoms with Crippen LogP contribution >= 0.6 is 23.4 Å². The zero-order chi connectivity index (χ0) is 21.4. The minimum absolute atomic E-state index is 0.163. The number of ether oxygens (including phenoxy) is 1. The minimum Gasteiger partial charge on any atom is -0.495 e. The van der Waals surface area contributed by atoms with Gasteiger partial charge in [-0.2, -0.15) is 4.31 Å². The number of rotatable bonds is 10. The fraction of sp³-hybridized carbons (Fsp3) is 0.368. The van der Waals surface area contributed by atoms with Gasteiger partial charge in [0.25, 0.3) is 0 Å². The number of anilines is 1. The summed E-state index contributed by atoms with van der Waals surface area (Å²) in [6.45, 7) is 4.40. The van der Waals surface area contributed by atoms with Gasteiger partial charge >= 0.3 is 0 Å². The lowest BCUT2D eigenvalue weighted by Gasteiger charge is -2.18. The van der Waals surface area contributed by atoms with E-state index in [0.717, 1.165) is 0 Å². The first-order valence-corrected chi connectivity index (χ1v) is 11.8. The number of sulfonamides is 1. The molecule has 0 aliphatic rings. The molecule has 0 fully saturated rings. The smallest absolute Gasteiger partial charge is 0.244 e. The van der Waals surface area contributed by atoms with Crippen molar-refractivity contribution in [2.75, 3.05) is 31.3 Å². The second kappa shape index (κ2) is 10.8. The summed E-state index contributed by atoms with van der Waals surface area (Å²) in [7, 11) is -2.00. The second-order valence-corrected chi connectivity index (χ2v) is 9.40. The number of carbonyl (C=O) groups is 1. The number of pyridine rings is 1. The molecule has 0 spiro atoms. The van der Waals surface area contributed by atoms with E-state index >= 15 is 0 Å². The molecule has 0 atom stereocenters. The summed E-state index contributed by atoms with van der Waals surface area (Å²) in [6.07, 6.45) is 1.61. The van der Waals surface area contributed by atoms with Gasteiger partial charge in [-0.05, 0) is 30.3 Å². The molecule has 1 N–H and O–H groups in total. The topological polar surface area (TPSA) is 88.6 Å². The van der Waals surface area contributed by atoms with Crippen LogP contribution in [0.5, 0.6) is 5.75 Å². The third kappa shape index (κ3) is 6.33. The van der Waals surface area contributed by atoms with Crippen molar-refractivity contribution in [3.8, 4) is 5.75 Å². The van der Waals surface area contributed by atoms with Crippen molar-refractivity contribution >= 4 is 45.0 Å². The number of hydrogen-bond acceptors (Lipinski definition) is 6. The Morgan fingerprint density at radius 1 is 1.24 bits per heavy atom. The summed E-state index contributed by atoms with van der Waals surface area (Å²) in [5.74, 6) is 0.838. The molecule has 0 saturated heterocycles. The van der Waals surface area contributed by atoms with Crippen LogP contribution in [0, 0.1) is 0 Å². The Morgan fingerprint density at radius 2 is 1.97 bits per heavy atom. The van der Waals surface area contributed by atoms with E-state index in [1.807, 2.05) is 0 Å². The first kappa shape index (κ1) is 23.5. The number of amides is 1. The Morgan fingerprint density at radius 3 is 2.55 bits per heavy atom. The van der Waals surface area contributed by atoms with E-state index < -0.39 is 10.0 Å². The summed E-state index contributed by atoms with van der Waals surface area (Å²) < 4.78 is 31.5. The van der Waals surface area contributed by atoms with Gasteiger partial charge in [0.15, 0.2) is 0 Å². The van der Waals surface area contributed by atoms with Gasteiger partial charge in [-0.1, -0.05) is 25.4 Å². The molecule has 0 radical (unpaired) electrons.